The largest absolute Gasteiger partial charge is 0.329 e. The lowest BCUT2D eigenvalue weighted by molar-refractivity contribution is 0.627. The molecule has 0 saturated carbocycles. The van der Waals surface area contributed by atoms with Crippen molar-refractivity contribution in [3.05, 3.63) is 47.4 Å². The molecule has 20 heavy (non-hydrogen) atoms. The lowest BCUT2D eigenvalue weighted by Gasteiger charge is -2.07. The first-order valence-corrected chi connectivity index (χ1v) is 6.54. The van der Waals surface area contributed by atoms with Crippen LogP contribution >= 0.6 is 11.6 Å². The molecule has 0 aliphatic rings. The Morgan fingerprint density at radius 3 is 2.90 bits per heavy atom. The fourth-order valence-corrected chi connectivity index (χ4v) is 2.33. The zero-order valence-electron chi connectivity index (χ0n) is 10.6. The molecule has 6 heteroatoms. The minimum absolute atomic E-state index is 0.306. The van der Waals surface area contributed by atoms with E-state index in [2.05, 4.69) is 9.97 Å². The van der Waals surface area contributed by atoms with Gasteiger partial charge in [0.05, 0.1) is 5.02 Å². The summed E-state index contributed by atoms with van der Waals surface area (Å²) in [5.74, 6) is 0.333. The van der Waals surface area contributed by atoms with E-state index in [-0.39, 0.29) is 5.82 Å². The Bertz CT molecular complexity index is 769. The summed E-state index contributed by atoms with van der Waals surface area (Å²) >= 11 is 5.93. The van der Waals surface area contributed by atoms with E-state index < -0.39 is 0 Å². The Morgan fingerprint density at radius 2 is 2.15 bits per heavy atom. The lowest BCUT2D eigenvalue weighted by Crippen LogP contribution is -2.11. The summed E-state index contributed by atoms with van der Waals surface area (Å²) in [7, 11) is 0. The van der Waals surface area contributed by atoms with Gasteiger partial charge in [-0.1, -0.05) is 23.7 Å². The van der Waals surface area contributed by atoms with Gasteiger partial charge in [0.15, 0.2) is 5.65 Å². The molecule has 0 atom stereocenters. The Kier molecular flexibility index (Phi) is 3.38. The Morgan fingerprint density at radius 1 is 1.30 bits per heavy atom. The van der Waals surface area contributed by atoms with Crippen LogP contribution in [0, 0.1) is 5.82 Å². The highest BCUT2D eigenvalue weighted by Crippen LogP contribution is 2.25. The number of halogens is 2. The van der Waals surface area contributed by atoms with Gasteiger partial charge in [-0.05, 0) is 18.2 Å². The highest BCUT2D eigenvalue weighted by Gasteiger charge is 2.14. The number of rotatable bonds is 3. The highest BCUT2D eigenvalue weighted by molar-refractivity contribution is 6.31. The molecule has 0 amide bonds. The van der Waals surface area contributed by atoms with Crippen LogP contribution in [0.2, 0.25) is 5.02 Å². The van der Waals surface area contributed by atoms with Gasteiger partial charge in [0.1, 0.15) is 17.2 Å². The van der Waals surface area contributed by atoms with Crippen molar-refractivity contribution in [3.63, 3.8) is 0 Å². The Hall–Kier alpha value is -1.98. The molecule has 0 radical (unpaired) electrons. The third kappa shape index (κ3) is 2.26. The zero-order valence-corrected chi connectivity index (χ0v) is 11.3. The summed E-state index contributed by atoms with van der Waals surface area (Å²) < 4.78 is 15.3. The van der Waals surface area contributed by atoms with E-state index in [0.29, 0.717) is 40.7 Å². The van der Waals surface area contributed by atoms with Crippen molar-refractivity contribution in [3.8, 4) is 11.4 Å². The SMILES string of the molecule is NCCn1c(-c2cccc(F)c2)nc2cc(Cl)cnc21. The molecule has 0 spiro atoms. The molecule has 2 aromatic heterocycles. The van der Waals surface area contributed by atoms with E-state index in [1.165, 1.54) is 12.1 Å². The molecule has 0 unspecified atom stereocenters. The van der Waals surface area contributed by atoms with Crippen molar-refractivity contribution in [2.45, 2.75) is 6.54 Å². The van der Waals surface area contributed by atoms with Gasteiger partial charge in [0.2, 0.25) is 0 Å². The molecule has 0 bridgehead atoms. The van der Waals surface area contributed by atoms with Crippen LogP contribution in [0.4, 0.5) is 4.39 Å². The van der Waals surface area contributed by atoms with Crippen LogP contribution in [-0.2, 0) is 6.54 Å². The second-order valence-corrected chi connectivity index (χ2v) is 4.82. The summed E-state index contributed by atoms with van der Waals surface area (Å²) in [6, 6.07) is 8.03. The average Bonchev–Trinajstić information content (AvgIpc) is 2.77. The topological polar surface area (TPSA) is 56.7 Å². The number of benzene rings is 1. The van der Waals surface area contributed by atoms with E-state index in [9.17, 15) is 4.39 Å². The molecule has 0 fully saturated rings. The monoisotopic (exact) mass is 290 g/mol. The van der Waals surface area contributed by atoms with E-state index in [0.717, 1.165) is 0 Å². The van der Waals surface area contributed by atoms with Crippen molar-refractivity contribution in [2.75, 3.05) is 6.54 Å². The summed E-state index contributed by atoms with van der Waals surface area (Å²) in [6.45, 7) is 0.995. The maximum absolute atomic E-state index is 13.4. The van der Waals surface area contributed by atoms with Crippen LogP contribution < -0.4 is 5.73 Å². The lowest BCUT2D eigenvalue weighted by atomic mass is 10.2. The number of nitrogens with zero attached hydrogens (tertiary/aromatic N) is 3. The van der Waals surface area contributed by atoms with Gasteiger partial charge in [0, 0.05) is 24.8 Å². The first-order chi connectivity index (χ1) is 9.69. The van der Waals surface area contributed by atoms with Crippen LogP contribution in [0.3, 0.4) is 0 Å². The zero-order chi connectivity index (χ0) is 14.1. The Labute approximate surface area is 120 Å². The highest BCUT2D eigenvalue weighted by atomic mass is 35.5. The van der Waals surface area contributed by atoms with Crippen LogP contribution in [0.25, 0.3) is 22.6 Å². The smallest absolute Gasteiger partial charge is 0.160 e. The second-order valence-electron chi connectivity index (χ2n) is 4.38. The molecular formula is C14H12ClFN4. The molecule has 102 valence electrons. The van der Waals surface area contributed by atoms with Crippen molar-refractivity contribution < 1.29 is 4.39 Å². The van der Waals surface area contributed by atoms with Gasteiger partial charge in [-0.2, -0.15) is 0 Å². The van der Waals surface area contributed by atoms with Gasteiger partial charge in [-0.15, -0.1) is 0 Å². The van der Waals surface area contributed by atoms with Gasteiger partial charge in [0.25, 0.3) is 0 Å². The van der Waals surface area contributed by atoms with E-state index >= 15 is 0 Å². The van der Waals surface area contributed by atoms with E-state index in [1.807, 2.05) is 4.57 Å². The number of hydrogen-bond donors (Lipinski definition) is 1. The van der Waals surface area contributed by atoms with Crippen LogP contribution in [0.1, 0.15) is 0 Å². The third-order valence-electron chi connectivity index (χ3n) is 2.99. The maximum Gasteiger partial charge on any atom is 0.160 e. The molecule has 3 aromatic rings. The summed E-state index contributed by atoms with van der Waals surface area (Å²) in [5, 5.41) is 0.515. The van der Waals surface area contributed by atoms with E-state index in [4.69, 9.17) is 17.3 Å². The number of imidazole rings is 1. The Balaban J connectivity index is 2.25. The third-order valence-corrected chi connectivity index (χ3v) is 3.19. The van der Waals surface area contributed by atoms with Gasteiger partial charge < -0.3 is 10.3 Å². The summed E-state index contributed by atoms with van der Waals surface area (Å²) in [4.78, 5) is 8.78. The minimum Gasteiger partial charge on any atom is -0.329 e. The van der Waals surface area contributed by atoms with Gasteiger partial charge in [-0.25, -0.2) is 14.4 Å². The molecule has 2 heterocycles. The van der Waals surface area contributed by atoms with E-state index in [1.54, 1.807) is 24.4 Å². The number of pyridine rings is 1. The van der Waals surface area contributed by atoms with Crippen molar-refractivity contribution in [1.29, 1.82) is 0 Å². The predicted molar refractivity (Wildman–Crippen MR) is 77.0 cm³/mol. The standard InChI is InChI=1S/C14H12ClFN4/c15-10-7-12-14(18-8-10)20(5-4-17)13(19-12)9-2-1-3-11(16)6-9/h1-3,6-8H,4-5,17H2. The number of nitrogens with two attached hydrogens (primary N) is 1. The maximum atomic E-state index is 13.4. The normalized spacial score (nSPS) is 11.2. The molecule has 0 saturated heterocycles. The first kappa shape index (κ1) is 13.0. The van der Waals surface area contributed by atoms with Crippen molar-refractivity contribution in [2.24, 2.45) is 5.73 Å². The second kappa shape index (κ2) is 5.19. The average molecular weight is 291 g/mol. The van der Waals surface area contributed by atoms with Crippen LogP contribution in [0.15, 0.2) is 36.5 Å². The van der Waals surface area contributed by atoms with Crippen molar-refractivity contribution >= 4 is 22.8 Å². The van der Waals surface area contributed by atoms with Gasteiger partial charge >= 0.3 is 0 Å². The summed E-state index contributed by atoms with van der Waals surface area (Å²) in [6.07, 6.45) is 1.56. The first-order valence-electron chi connectivity index (χ1n) is 6.17. The van der Waals surface area contributed by atoms with Crippen molar-refractivity contribution in [1.82, 2.24) is 14.5 Å². The molecule has 4 nitrogen and oxygen atoms in total. The molecule has 0 aliphatic carbocycles. The number of fused-ring (bicyclic) bond motifs is 1. The molecule has 1 aromatic carbocycles. The quantitative estimate of drug-likeness (QED) is 0.807. The molecule has 3 rings (SSSR count). The number of hydrogen-bond acceptors (Lipinski definition) is 3. The number of aromatic nitrogens is 3. The summed E-state index contributed by atoms with van der Waals surface area (Å²) in [5.41, 5.74) is 7.69. The van der Waals surface area contributed by atoms with Gasteiger partial charge in [-0.3, -0.25) is 0 Å². The molecular weight excluding hydrogens is 279 g/mol. The fraction of sp³-hybridized carbons (Fsp3) is 0.143. The molecule has 0 aliphatic heterocycles. The van der Waals surface area contributed by atoms with Crippen LogP contribution in [0.5, 0.6) is 0 Å². The predicted octanol–water partition coefficient (Wildman–Crippen LogP) is 2.85. The minimum atomic E-state index is -0.306. The fourth-order valence-electron chi connectivity index (χ4n) is 2.18. The molecule has 2 N–H and O–H groups in total. The van der Waals surface area contributed by atoms with Crippen LogP contribution in [-0.4, -0.2) is 21.1 Å².